The van der Waals surface area contributed by atoms with Gasteiger partial charge in [-0.1, -0.05) is 11.6 Å². The van der Waals surface area contributed by atoms with Gasteiger partial charge < -0.3 is 9.84 Å². The summed E-state index contributed by atoms with van der Waals surface area (Å²) in [7, 11) is 1.60. The highest BCUT2D eigenvalue weighted by Gasteiger charge is 2.08. The standard InChI is InChI=1S/C10H13ClO2S/c1-13-10-8(11)5-7(3-4-12)6-9(10)14-2/h5-6,12H,3-4H2,1-2H3. The van der Waals surface area contributed by atoms with Gasteiger partial charge >= 0.3 is 0 Å². The van der Waals surface area contributed by atoms with Crippen LogP contribution < -0.4 is 4.74 Å². The van der Waals surface area contributed by atoms with Gasteiger partial charge in [-0.2, -0.15) is 0 Å². The Morgan fingerprint density at radius 2 is 2.21 bits per heavy atom. The number of hydrogen-bond acceptors (Lipinski definition) is 3. The van der Waals surface area contributed by atoms with Crippen molar-refractivity contribution < 1.29 is 9.84 Å². The van der Waals surface area contributed by atoms with E-state index in [1.54, 1.807) is 18.9 Å². The van der Waals surface area contributed by atoms with E-state index < -0.39 is 0 Å². The maximum Gasteiger partial charge on any atom is 0.150 e. The molecule has 0 amide bonds. The van der Waals surface area contributed by atoms with Crippen molar-refractivity contribution in [2.45, 2.75) is 11.3 Å². The van der Waals surface area contributed by atoms with Crippen molar-refractivity contribution in [1.29, 1.82) is 0 Å². The molecule has 0 atom stereocenters. The van der Waals surface area contributed by atoms with Crippen molar-refractivity contribution in [1.82, 2.24) is 0 Å². The van der Waals surface area contributed by atoms with Crippen LogP contribution in [0.5, 0.6) is 5.75 Å². The number of ether oxygens (including phenoxy) is 1. The molecule has 0 aliphatic carbocycles. The first-order valence-corrected chi connectivity index (χ1v) is 5.84. The SMILES string of the molecule is COc1c(Cl)cc(CCO)cc1SC. The molecule has 0 aliphatic rings. The molecular weight excluding hydrogens is 220 g/mol. The normalized spacial score (nSPS) is 10.3. The quantitative estimate of drug-likeness (QED) is 0.810. The van der Waals surface area contributed by atoms with E-state index in [0.29, 0.717) is 17.2 Å². The number of halogens is 1. The molecule has 0 saturated carbocycles. The predicted octanol–water partition coefficient (Wildman–Crippen LogP) is 2.61. The Hall–Kier alpha value is -0.380. The Labute approximate surface area is 93.2 Å². The molecule has 0 fully saturated rings. The average Bonchev–Trinajstić information content (AvgIpc) is 2.17. The van der Waals surface area contributed by atoms with Crippen molar-refractivity contribution in [3.05, 3.63) is 22.7 Å². The minimum Gasteiger partial charge on any atom is -0.494 e. The van der Waals surface area contributed by atoms with E-state index in [1.807, 2.05) is 18.4 Å². The van der Waals surface area contributed by atoms with Gasteiger partial charge in [0.1, 0.15) is 0 Å². The van der Waals surface area contributed by atoms with Gasteiger partial charge in [0.2, 0.25) is 0 Å². The smallest absolute Gasteiger partial charge is 0.150 e. The van der Waals surface area contributed by atoms with Crippen molar-refractivity contribution in [3.8, 4) is 5.75 Å². The molecule has 1 N–H and O–H groups in total. The molecule has 2 nitrogen and oxygen atoms in total. The number of aliphatic hydroxyl groups excluding tert-OH is 1. The molecule has 1 aromatic carbocycles. The fourth-order valence-corrected chi connectivity index (χ4v) is 2.27. The number of hydrogen-bond donors (Lipinski definition) is 1. The highest BCUT2D eigenvalue weighted by atomic mass is 35.5. The molecule has 0 saturated heterocycles. The molecule has 14 heavy (non-hydrogen) atoms. The first-order valence-electron chi connectivity index (χ1n) is 4.24. The van der Waals surface area contributed by atoms with E-state index in [0.717, 1.165) is 10.5 Å². The summed E-state index contributed by atoms with van der Waals surface area (Å²) in [4.78, 5) is 1.00. The fourth-order valence-electron chi connectivity index (χ4n) is 1.24. The van der Waals surface area contributed by atoms with Crippen LogP contribution in [0.15, 0.2) is 17.0 Å². The van der Waals surface area contributed by atoms with Gasteiger partial charge in [0, 0.05) is 6.61 Å². The Balaban J connectivity index is 3.10. The molecule has 78 valence electrons. The lowest BCUT2D eigenvalue weighted by Crippen LogP contribution is -1.94. The second-order valence-corrected chi connectivity index (χ2v) is 4.04. The number of methoxy groups -OCH3 is 1. The predicted molar refractivity (Wildman–Crippen MR) is 60.6 cm³/mol. The Kier molecular flexibility index (Phi) is 4.58. The summed E-state index contributed by atoms with van der Waals surface area (Å²) in [5.74, 6) is 0.709. The lowest BCUT2D eigenvalue weighted by Gasteiger charge is -2.10. The molecular formula is C10H13ClO2S. The van der Waals surface area contributed by atoms with E-state index >= 15 is 0 Å². The van der Waals surface area contributed by atoms with Gasteiger partial charge in [-0.25, -0.2) is 0 Å². The zero-order valence-corrected chi connectivity index (χ0v) is 9.78. The first kappa shape index (κ1) is 11.7. The third-order valence-electron chi connectivity index (χ3n) is 1.89. The molecule has 0 aromatic heterocycles. The highest BCUT2D eigenvalue weighted by Crippen LogP contribution is 2.35. The van der Waals surface area contributed by atoms with Gasteiger partial charge in [-0.15, -0.1) is 11.8 Å². The van der Waals surface area contributed by atoms with Crippen LogP contribution in [0, 0.1) is 0 Å². The maximum atomic E-state index is 8.82. The third-order valence-corrected chi connectivity index (χ3v) is 2.92. The van der Waals surface area contributed by atoms with Crippen LogP contribution in [0.1, 0.15) is 5.56 Å². The van der Waals surface area contributed by atoms with Gasteiger partial charge in [0.05, 0.1) is 17.0 Å². The maximum absolute atomic E-state index is 8.82. The lowest BCUT2D eigenvalue weighted by atomic mass is 10.1. The van der Waals surface area contributed by atoms with E-state index in [-0.39, 0.29) is 6.61 Å². The molecule has 0 aliphatic heterocycles. The van der Waals surface area contributed by atoms with E-state index in [1.165, 1.54) is 0 Å². The summed E-state index contributed by atoms with van der Waals surface area (Å²) in [6.07, 6.45) is 2.59. The largest absolute Gasteiger partial charge is 0.494 e. The Morgan fingerprint density at radius 1 is 1.50 bits per heavy atom. The molecule has 0 heterocycles. The summed E-state index contributed by atoms with van der Waals surface area (Å²) in [6, 6.07) is 3.82. The topological polar surface area (TPSA) is 29.5 Å². The zero-order chi connectivity index (χ0) is 10.6. The van der Waals surface area contributed by atoms with Crippen LogP contribution in [0.3, 0.4) is 0 Å². The molecule has 1 rings (SSSR count). The summed E-state index contributed by atoms with van der Waals surface area (Å²) >= 11 is 7.61. The molecule has 0 unspecified atom stereocenters. The number of thioether (sulfide) groups is 1. The lowest BCUT2D eigenvalue weighted by molar-refractivity contribution is 0.299. The van der Waals surface area contributed by atoms with Gasteiger partial charge in [-0.3, -0.25) is 0 Å². The minimum absolute atomic E-state index is 0.135. The highest BCUT2D eigenvalue weighted by molar-refractivity contribution is 7.98. The molecule has 0 radical (unpaired) electrons. The summed E-state index contributed by atoms with van der Waals surface area (Å²) in [5.41, 5.74) is 1.03. The van der Waals surface area contributed by atoms with E-state index in [2.05, 4.69) is 0 Å². The van der Waals surface area contributed by atoms with Gasteiger partial charge in [0.15, 0.2) is 5.75 Å². The number of aliphatic hydroxyl groups is 1. The molecule has 1 aromatic rings. The number of benzene rings is 1. The monoisotopic (exact) mass is 232 g/mol. The molecule has 0 spiro atoms. The minimum atomic E-state index is 0.135. The Bertz CT molecular complexity index is 315. The number of rotatable bonds is 4. The van der Waals surface area contributed by atoms with Gasteiger partial charge in [-0.05, 0) is 30.4 Å². The van der Waals surface area contributed by atoms with Crippen molar-refractivity contribution >= 4 is 23.4 Å². The average molecular weight is 233 g/mol. The van der Waals surface area contributed by atoms with Crippen LogP contribution in [-0.2, 0) is 6.42 Å². The first-order chi connectivity index (χ1) is 6.72. The zero-order valence-electron chi connectivity index (χ0n) is 8.21. The summed E-state index contributed by atoms with van der Waals surface area (Å²) in [5, 5.41) is 9.42. The van der Waals surface area contributed by atoms with Crippen LogP contribution in [0.25, 0.3) is 0 Å². The Morgan fingerprint density at radius 3 is 2.71 bits per heavy atom. The second kappa shape index (κ2) is 5.49. The summed E-state index contributed by atoms with van der Waals surface area (Å²) in [6.45, 7) is 0.135. The summed E-state index contributed by atoms with van der Waals surface area (Å²) < 4.78 is 5.18. The van der Waals surface area contributed by atoms with Crippen LogP contribution in [0.2, 0.25) is 5.02 Å². The fraction of sp³-hybridized carbons (Fsp3) is 0.400. The van der Waals surface area contributed by atoms with Gasteiger partial charge in [0.25, 0.3) is 0 Å². The van der Waals surface area contributed by atoms with Crippen LogP contribution >= 0.6 is 23.4 Å². The van der Waals surface area contributed by atoms with Crippen LogP contribution in [0.4, 0.5) is 0 Å². The van der Waals surface area contributed by atoms with Crippen LogP contribution in [-0.4, -0.2) is 25.1 Å². The second-order valence-electron chi connectivity index (χ2n) is 2.79. The van der Waals surface area contributed by atoms with Crippen molar-refractivity contribution in [2.24, 2.45) is 0 Å². The molecule has 4 heteroatoms. The van der Waals surface area contributed by atoms with Crippen molar-refractivity contribution in [2.75, 3.05) is 20.0 Å². The molecule has 0 bridgehead atoms. The van der Waals surface area contributed by atoms with E-state index in [4.69, 9.17) is 21.4 Å². The van der Waals surface area contributed by atoms with Crippen molar-refractivity contribution in [3.63, 3.8) is 0 Å². The van der Waals surface area contributed by atoms with E-state index in [9.17, 15) is 0 Å². The third kappa shape index (κ3) is 2.56.